The van der Waals surface area contributed by atoms with Crippen LogP contribution in [0.2, 0.25) is 0 Å². The van der Waals surface area contributed by atoms with E-state index in [1.165, 1.54) is 5.56 Å². The highest BCUT2D eigenvalue weighted by molar-refractivity contribution is 5.82. The molecule has 0 aromatic heterocycles. The molecule has 5 heteroatoms. The Balaban J connectivity index is 1.62. The van der Waals surface area contributed by atoms with Crippen LogP contribution in [0.25, 0.3) is 0 Å². The van der Waals surface area contributed by atoms with Crippen LogP contribution in [0.5, 0.6) is 0 Å². The van der Waals surface area contributed by atoms with Crippen molar-refractivity contribution in [2.45, 2.75) is 31.3 Å². The first-order chi connectivity index (χ1) is 10.2. The molecule has 114 valence electrons. The summed E-state index contributed by atoms with van der Waals surface area (Å²) in [7, 11) is 0. The molecular weight excluding hydrogens is 266 g/mol. The summed E-state index contributed by atoms with van der Waals surface area (Å²) in [5.74, 6) is 0.0748. The molecule has 1 aromatic rings. The summed E-state index contributed by atoms with van der Waals surface area (Å²) in [6, 6.07) is 8.55. The number of ether oxygens (including phenoxy) is 1. The van der Waals surface area contributed by atoms with E-state index in [4.69, 9.17) is 10.5 Å². The number of nitrogens with two attached hydrogens (primary N) is 1. The molecule has 3 rings (SSSR count). The lowest BCUT2D eigenvalue weighted by Gasteiger charge is -2.34. The number of hydrogen-bond acceptors (Lipinski definition) is 4. The zero-order valence-electron chi connectivity index (χ0n) is 12.3. The van der Waals surface area contributed by atoms with Crippen molar-refractivity contribution in [3.05, 3.63) is 29.8 Å². The third-order valence-electron chi connectivity index (χ3n) is 4.19. The van der Waals surface area contributed by atoms with Crippen molar-refractivity contribution in [2.24, 2.45) is 5.73 Å². The van der Waals surface area contributed by atoms with Crippen LogP contribution in [-0.4, -0.2) is 44.3 Å². The molecule has 0 saturated carbocycles. The van der Waals surface area contributed by atoms with E-state index in [2.05, 4.69) is 22.3 Å². The van der Waals surface area contributed by atoms with Gasteiger partial charge in [-0.15, -0.1) is 0 Å². The second kappa shape index (κ2) is 6.45. The Kier molecular flexibility index (Phi) is 4.41. The predicted octanol–water partition coefficient (Wildman–Crippen LogP) is 0.672. The molecule has 5 nitrogen and oxygen atoms in total. The van der Waals surface area contributed by atoms with E-state index >= 15 is 0 Å². The number of benzene rings is 1. The lowest BCUT2D eigenvalue weighted by atomic mass is 9.98. The molecule has 1 fully saturated rings. The average molecular weight is 289 g/mol. The number of nitrogens with zero attached hydrogens (tertiary/aromatic N) is 1. The molecular formula is C16H23N3O2. The molecule has 0 aliphatic carbocycles. The largest absolute Gasteiger partial charge is 0.381 e. The van der Waals surface area contributed by atoms with Gasteiger partial charge in [-0.2, -0.15) is 0 Å². The Morgan fingerprint density at radius 1 is 1.33 bits per heavy atom. The number of nitrogens with one attached hydrogen (secondary N) is 1. The Labute approximate surface area is 125 Å². The molecule has 1 atom stereocenters. The van der Waals surface area contributed by atoms with Crippen LogP contribution in [0, 0.1) is 0 Å². The van der Waals surface area contributed by atoms with Gasteiger partial charge in [0.2, 0.25) is 5.91 Å². The fourth-order valence-electron chi connectivity index (χ4n) is 3.16. The number of amides is 1. The molecule has 2 aliphatic heterocycles. The number of rotatable bonds is 3. The van der Waals surface area contributed by atoms with Gasteiger partial charge < -0.3 is 20.7 Å². The lowest BCUT2D eigenvalue weighted by molar-refractivity contribution is -0.121. The Morgan fingerprint density at radius 3 is 2.90 bits per heavy atom. The van der Waals surface area contributed by atoms with Crippen LogP contribution < -0.4 is 16.0 Å². The molecule has 0 radical (unpaired) electrons. The van der Waals surface area contributed by atoms with Crippen molar-refractivity contribution in [2.75, 3.05) is 31.2 Å². The molecule has 0 spiro atoms. The number of carbonyl (C=O) groups is 1. The van der Waals surface area contributed by atoms with Gasteiger partial charge in [0, 0.05) is 37.5 Å². The van der Waals surface area contributed by atoms with Crippen LogP contribution in [-0.2, 0) is 16.0 Å². The van der Waals surface area contributed by atoms with E-state index in [-0.39, 0.29) is 18.0 Å². The maximum Gasteiger partial charge on any atom is 0.239 e. The zero-order valence-corrected chi connectivity index (χ0v) is 12.3. The van der Waals surface area contributed by atoms with Crippen molar-refractivity contribution < 1.29 is 9.53 Å². The SMILES string of the molecule is NC1Cc2ccccc2N(CC(=O)NC2CCOCC2)C1. The summed E-state index contributed by atoms with van der Waals surface area (Å²) in [6.07, 6.45) is 2.69. The first kappa shape index (κ1) is 14.4. The minimum Gasteiger partial charge on any atom is -0.381 e. The maximum atomic E-state index is 12.3. The van der Waals surface area contributed by atoms with Gasteiger partial charge in [0.05, 0.1) is 6.54 Å². The Hall–Kier alpha value is -1.59. The highest BCUT2D eigenvalue weighted by atomic mass is 16.5. The standard InChI is InChI=1S/C16H23N3O2/c17-13-9-12-3-1-2-4-15(12)19(10-13)11-16(20)18-14-5-7-21-8-6-14/h1-4,13-14H,5-11,17H2,(H,18,20). The zero-order chi connectivity index (χ0) is 14.7. The van der Waals surface area contributed by atoms with E-state index < -0.39 is 0 Å². The summed E-state index contributed by atoms with van der Waals surface area (Å²) < 4.78 is 5.31. The first-order valence-corrected chi connectivity index (χ1v) is 7.68. The number of para-hydroxylation sites is 1. The van der Waals surface area contributed by atoms with Crippen molar-refractivity contribution >= 4 is 11.6 Å². The number of fused-ring (bicyclic) bond motifs is 1. The molecule has 0 bridgehead atoms. The Bertz CT molecular complexity index is 500. The maximum absolute atomic E-state index is 12.3. The number of hydrogen-bond donors (Lipinski definition) is 2. The third-order valence-corrected chi connectivity index (χ3v) is 4.19. The van der Waals surface area contributed by atoms with E-state index in [9.17, 15) is 4.79 Å². The average Bonchev–Trinajstić information content (AvgIpc) is 2.48. The molecule has 1 unspecified atom stereocenters. The van der Waals surface area contributed by atoms with E-state index in [0.717, 1.165) is 44.7 Å². The van der Waals surface area contributed by atoms with Gasteiger partial charge in [0.25, 0.3) is 0 Å². The summed E-state index contributed by atoms with van der Waals surface area (Å²) in [6.45, 7) is 2.59. The molecule has 2 aliphatic rings. The van der Waals surface area contributed by atoms with Gasteiger partial charge in [-0.25, -0.2) is 0 Å². The highest BCUT2D eigenvalue weighted by Crippen LogP contribution is 2.25. The van der Waals surface area contributed by atoms with Crippen molar-refractivity contribution in [3.63, 3.8) is 0 Å². The van der Waals surface area contributed by atoms with Crippen LogP contribution >= 0.6 is 0 Å². The van der Waals surface area contributed by atoms with Gasteiger partial charge in [-0.1, -0.05) is 18.2 Å². The topological polar surface area (TPSA) is 67.6 Å². The van der Waals surface area contributed by atoms with Crippen LogP contribution in [0.1, 0.15) is 18.4 Å². The summed E-state index contributed by atoms with van der Waals surface area (Å²) in [5, 5.41) is 3.11. The molecule has 21 heavy (non-hydrogen) atoms. The summed E-state index contributed by atoms with van der Waals surface area (Å²) >= 11 is 0. The molecule has 1 saturated heterocycles. The van der Waals surface area contributed by atoms with Gasteiger partial charge >= 0.3 is 0 Å². The number of carbonyl (C=O) groups excluding carboxylic acids is 1. The van der Waals surface area contributed by atoms with Crippen molar-refractivity contribution in [1.82, 2.24) is 5.32 Å². The number of anilines is 1. The predicted molar refractivity (Wildman–Crippen MR) is 82.3 cm³/mol. The van der Waals surface area contributed by atoms with Crippen LogP contribution in [0.4, 0.5) is 5.69 Å². The second-order valence-corrected chi connectivity index (χ2v) is 5.93. The molecule has 2 heterocycles. The fraction of sp³-hybridized carbons (Fsp3) is 0.562. The second-order valence-electron chi connectivity index (χ2n) is 5.93. The van der Waals surface area contributed by atoms with E-state index in [0.29, 0.717) is 6.54 Å². The quantitative estimate of drug-likeness (QED) is 0.858. The molecule has 1 amide bonds. The first-order valence-electron chi connectivity index (χ1n) is 7.68. The van der Waals surface area contributed by atoms with Gasteiger partial charge in [-0.05, 0) is 30.9 Å². The van der Waals surface area contributed by atoms with Crippen molar-refractivity contribution in [1.29, 1.82) is 0 Å². The summed E-state index contributed by atoms with van der Waals surface area (Å²) in [5.41, 5.74) is 8.48. The van der Waals surface area contributed by atoms with Crippen LogP contribution in [0.15, 0.2) is 24.3 Å². The Morgan fingerprint density at radius 2 is 2.10 bits per heavy atom. The molecule has 3 N–H and O–H groups in total. The lowest BCUT2D eigenvalue weighted by Crippen LogP contribution is -2.49. The van der Waals surface area contributed by atoms with Crippen molar-refractivity contribution in [3.8, 4) is 0 Å². The molecule has 1 aromatic carbocycles. The summed E-state index contributed by atoms with van der Waals surface area (Å²) in [4.78, 5) is 14.4. The highest BCUT2D eigenvalue weighted by Gasteiger charge is 2.24. The van der Waals surface area contributed by atoms with E-state index in [1.54, 1.807) is 0 Å². The van der Waals surface area contributed by atoms with Crippen LogP contribution in [0.3, 0.4) is 0 Å². The normalized spacial score (nSPS) is 22.7. The van der Waals surface area contributed by atoms with Gasteiger partial charge in [-0.3, -0.25) is 4.79 Å². The van der Waals surface area contributed by atoms with Gasteiger partial charge in [0.1, 0.15) is 0 Å². The minimum atomic E-state index is 0.0748. The van der Waals surface area contributed by atoms with Gasteiger partial charge in [0.15, 0.2) is 0 Å². The smallest absolute Gasteiger partial charge is 0.239 e. The fourth-order valence-corrected chi connectivity index (χ4v) is 3.16. The third kappa shape index (κ3) is 3.54. The van der Waals surface area contributed by atoms with E-state index in [1.807, 2.05) is 12.1 Å². The monoisotopic (exact) mass is 289 g/mol. The minimum absolute atomic E-state index is 0.0748.